The molecule has 0 saturated heterocycles. The van der Waals surface area contributed by atoms with Crippen molar-refractivity contribution in [1.29, 1.82) is 0 Å². The van der Waals surface area contributed by atoms with E-state index in [1.54, 1.807) is 11.8 Å². The van der Waals surface area contributed by atoms with E-state index in [0.29, 0.717) is 11.7 Å². The summed E-state index contributed by atoms with van der Waals surface area (Å²) >= 11 is 1.76. The molecule has 1 nitrogen and oxygen atoms in total. The van der Waals surface area contributed by atoms with Gasteiger partial charge in [0.25, 0.3) is 0 Å². The van der Waals surface area contributed by atoms with Gasteiger partial charge in [-0.2, -0.15) is 11.8 Å². The van der Waals surface area contributed by atoms with Gasteiger partial charge in [0.05, 0.1) is 0 Å². The third-order valence-electron chi connectivity index (χ3n) is 2.28. The Hall–Kier alpha value is 0.0200. The molecule has 13 heavy (non-hydrogen) atoms. The third-order valence-corrected chi connectivity index (χ3v) is 2.89. The molecule has 0 spiro atoms. The summed E-state index contributed by atoms with van der Waals surface area (Å²) in [6, 6.07) is 0. The number of Topliss-reactive ketones (excluding diaryl/α,β-unsaturated/α-hetero) is 1. The molecule has 0 saturated carbocycles. The molecule has 2 heteroatoms. The van der Waals surface area contributed by atoms with Gasteiger partial charge < -0.3 is 0 Å². The van der Waals surface area contributed by atoms with E-state index in [9.17, 15) is 4.79 Å². The predicted molar refractivity (Wildman–Crippen MR) is 61.3 cm³/mol. The van der Waals surface area contributed by atoms with Crippen LogP contribution in [0, 0.1) is 5.92 Å². The first kappa shape index (κ1) is 13.0. The number of carbonyl (C=O) groups excluding carboxylic acids is 1. The van der Waals surface area contributed by atoms with Gasteiger partial charge in [-0.05, 0) is 24.9 Å². The number of hydrogen-bond donors (Lipinski definition) is 0. The van der Waals surface area contributed by atoms with Gasteiger partial charge in [-0.3, -0.25) is 4.79 Å². The highest BCUT2D eigenvalue weighted by atomic mass is 32.2. The number of hydrogen-bond acceptors (Lipinski definition) is 2. The Kier molecular flexibility index (Phi) is 8.62. The summed E-state index contributed by atoms with van der Waals surface area (Å²) in [5.74, 6) is 1.82. The van der Waals surface area contributed by atoms with Gasteiger partial charge in [0.1, 0.15) is 5.78 Å². The summed E-state index contributed by atoms with van der Waals surface area (Å²) in [7, 11) is 0. The van der Waals surface area contributed by atoms with Gasteiger partial charge in [0.15, 0.2) is 0 Å². The fourth-order valence-electron chi connectivity index (χ4n) is 1.57. The summed E-state index contributed by atoms with van der Waals surface area (Å²) in [5.41, 5.74) is 0. The Morgan fingerprint density at radius 3 is 2.15 bits per heavy atom. The van der Waals surface area contributed by atoms with Crippen LogP contribution in [0.5, 0.6) is 0 Å². The average molecular weight is 202 g/mol. The topological polar surface area (TPSA) is 17.1 Å². The van der Waals surface area contributed by atoms with Crippen LogP contribution in [0.15, 0.2) is 0 Å². The fraction of sp³-hybridized carbons (Fsp3) is 0.909. The van der Waals surface area contributed by atoms with Crippen molar-refractivity contribution in [3.05, 3.63) is 0 Å². The van der Waals surface area contributed by atoms with Crippen LogP contribution in [-0.2, 0) is 4.79 Å². The standard InChI is InChI=1S/C11H22OS/c1-4-6-10(7-5-2)11(12)8-9-13-3/h10H,4-9H2,1-3H3. The van der Waals surface area contributed by atoms with Crippen molar-refractivity contribution in [2.24, 2.45) is 5.92 Å². The van der Waals surface area contributed by atoms with E-state index in [0.717, 1.165) is 37.9 Å². The Bertz CT molecular complexity index is 128. The predicted octanol–water partition coefficient (Wildman–Crippen LogP) is 3.53. The summed E-state index contributed by atoms with van der Waals surface area (Å²) in [6.07, 6.45) is 7.27. The Balaban J connectivity index is 3.80. The molecular weight excluding hydrogens is 180 g/mol. The Morgan fingerprint density at radius 2 is 1.77 bits per heavy atom. The Morgan fingerprint density at radius 1 is 1.23 bits per heavy atom. The average Bonchev–Trinajstić information content (AvgIpc) is 2.14. The lowest BCUT2D eigenvalue weighted by molar-refractivity contribution is -0.122. The van der Waals surface area contributed by atoms with Gasteiger partial charge in [0.2, 0.25) is 0 Å². The van der Waals surface area contributed by atoms with Crippen LogP contribution < -0.4 is 0 Å². The highest BCUT2D eigenvalue weighted by Gasteiger charge is 2.15. The SMILES string of the molecule is CCCC(CCC)C(=O)CCSC. The quantitative estimate of drug-likeness (QED) is 0.599. The lowest BCUT2D eigenvalue weighted by Gasteiger charge is -2.13. The first-order chi connectivity index (χ1) is 6.26. The Labute approximate surface area is 86.7 Å². The molecule has 0 heterocycles. The summed E-state index contributed by atoms with van der Waals surface area (Å²) in [6.45, 7) is 4.31. The molecule has 0 amide bonds. The first-order valence-corrected chi connectivity index (χ1v) is 6.67. The second kappa shape index (κ2) is 8.61. The molecule has 0 aromatic heterocycles. The maximum atomic E-state index is 11.7. The smallest absolute Gasteiger partial charge is 0.136 e. The van der Waals surface area contributed by atoms with Crippen molar-refractivity contribution >= 4 is 17.5 Å². The molecular formula is C11H22OS. The summed E-state index contributed by atoms with van der Waals surface area (Å²) in [5, 5.41) is 0. The van der Waals surface area contributed by atoms with E-state index in [-0.39, 0.29) is 0 Å². The molecule has 0 aliphatic rings. The van der Waals surface area contributed by atoms with Gasteiger partial charge >= 0.3 is 0 Å². The first-order valence-electron chi connectivity index (χ1n) is 5.27. The van der Waals surface area contributed by atoms with Gasteiger partial charge in [0, 0.05) is 12.3 Å². The van der Waals surface area contributed by atoms with Crippen molar-refractivity contribution in [2.45, 2.75) is 46.0 Å². The molecule has 0 aliphatic heterocycles. The van der Waals surface area contributed by atoms with Gasteiger partial charge in [-0.1, -0.05) is 26.7 Å². The highest BCUT2D eigenvalue weighted by Crippen LogP contribution is 2.17. The lowest BCUT2D eigenvalue weighted by Crippen LogP contribution is -2.14. The number of ketones is 1. The van der Waals surface area contributed by atoms with Crippen molar-refractivity contribution in [3.8, 4) is 0 Å². The lowest BCUT2D eigenvalue weighted by atomic mass is 9.92. The molecule has 0 rings (SSSR count). The van der Waals surface area contributed by atoms with E-state index < -0.39 is 0 Å². The zero-order valence-corrected chi connectivity index (χ0v) is 9.95. The second-order valence-electron chi connectivity index (χ2n) is 3.48. The number of carbonyl (C=O) groups is 1. The second-order valence-corrected chi connectivity index (χ2v) is 4.47. The molecule has 0 aromatic rings. The summed E-state index contributed by atoms with van der Waals surface area (Å²) < 4.78 is 0. The van der Waals surface area contributed by atoms with Crippen LogP contribution in [0.1, 0.15) is 46.0 Å². The maximum Gasteiger partial charge on any atom is 0.136 e. The van der Waals surface area contributed by atoms with E-state index in [2.05, 4.69) is 20.1 Å². The van der Waals surface area contributed by atoms with Gasteiger partial charge in [-0.15, -0.1) is 0 Å². The highest BCUT2D eigenvalue weighted by molar-refractivity contribution is 7.98. The maximum absolute atomic E-state index is 11.7. The molecule has 0 radical (unpaired) electrons. The third kappa shape index (κ3) is 6.14. The zero-order valence-electron chi connectivity index (χ0n) is 9.14. The molecule has 0 bridgehead atoms. The van der Waals surface area contributed by atoms with Crippen LogP contribution in [-0.4, -0.2) is 17.8 Å². The molecule has 0 aliphatic carbocycles. The zero-order chi connectivity index (χ0) is 10.1. The van der Waals surface area contributed by atoms with Crippen molar-refractivity contribution < 1.29 is 4.79 Å². The monoisotopic (exact) mass is 202 g/mol. The van der Waals surface area contributed by atoms with Crippen molar-refractivity contribution in [3.63, 3.8) is 0 Å². The molecule has 0 aromatic carbocycles. The molecule has 0 N–H and O–H groups in total. The minimum absolute atomic E-state index is 0.349. The van der Waals surface area contributed by atoms with Crippen molar-refractivity contribution in [2.75, 3.05) is 12.0 Å². The molecule has 0 unspecified atom stereocenters. The minimum atomic E-state index is 0.349. The minimum Gasteiger partial charge on any atom is -0.299 e. The van der Waals surface area contributed by atoms with Crippen molar-refractivity contribution in [1.82, 2.24) is 0 Å². The van der Waals surface area contributed by atoms with Gasteiger partial charge in [-0.25, -0.2) is 0 Å². The fourth-order valence-corrected chi connectivity index (χ4v) is 1.98. The number of rotatable bonds is 8. The van der Waals surface area contributed by atoms with Crippen LogP contribution >= 0.6 is 11.8 Å². The van der Waals surface area contributed by atoms with E-state index in [4.69, 9.17) is 0 Å². The number of thioether (sulfide) groups is 1. The van der Waals surface area contributed by atoms with E-state index >= 15 is 0 Å². The van der Waals surface area contributed by atoms with Crippen LogP contribution in [0.4, 0.5) is 0 Å². The molecule has 78 valence electrons. The summed E-state index contributed by atoms with van der Waals surface area (Å²) in [4.78, 5) is 11.7. The van der Waals surface area contributed by atoms with E-state index in [1.807, 2.05) is 0 Å². The normalized spacial score (nSPS) is 10.8. The molecule has 0 fully saturated rings. The van der Waals surface area contributed by atoms with Crippen LogP contribution in [0.2, 0.25) is 0 Å². The largest absolute Gasteiger partial charge is 0.299 e. The van der Waals surface area contributed by atoms with Crippen LogP contribution in [0.3, 0.4) is 0 Å². The molecule has 0 atom stereocenters. The van der Waals surface area contributed by atoms with Crippen LogP contribution in [0.25, 0.3) is 0 Å². The van der Waals surface area contributed by atoms with E-state index in [1.165, 1.54) is 0 Å².